The van der Waals surface area contributed by atoms with Crippen LogP contribution in [0.4, 0.5) is 10.5 Å². The predicted octanol–water partition coefficient (Wildman–Crippen LogP) is 0.596. The van der Waals surface area contributed by atoms with Gasteiger partial charge in [0.15, 0.2) is 0 Å². The van der Waals surface area contributed by atoms with E-state index in [0.717, 1.165) is 0 Å². The molecule has 0 bridgehead atoms. The summed E-state index contributed by atoms with van der Waals surface area (Å²) in [4.78, 5) is 36.4. The van der Waals surface area contributed by atoms with Gasteiger partial charge in [-0.25, -0.2) is 19.5 Å². The minimum Gasteiger partial charge on any atom is -0.462 e. The molecule has 0 aliphatic heterocycles. The van der Waals surface area contributed by atoms with Gasteiger partial charge in [-0.2, -0.15) is 5.10 Å². The highest BCUT2D eigenvalue weighted by Crippen LogP contribution is 2.10. The molecule has 2 aromatic rings. The molecule has 1 aromatic carbocycles. The van der Waals surface area contributed by atoms with E-state index in [0.29, 0.717) is 23.7 Å². The fourth-order valence-electron chi connectivity index (χ4n) is 1.63. The van der Waals surface area contributed by atoms with Crippen molar-refractivity contribution in [3.8, 4) is 0 Å². The number of esters is 1. The Morgan fingerprint density at radius 3 is 2.59 bits per heavy atom. The molecule has 2 rings (SSSR count). The Morgan fingerprint density at radius 2 is 2.00 bits per heavy atom. The van der Waals surface area contributed by atoms with Crippen molar-refractivity contribution in [2.45, 2.75) is 13.5 Å². The van der Waals surface area contributed by atoms with Gasteiger partial charge in [-0.1, -0.05) is 0 Å². The maximum Gasteiger partial charge on any atom is 0.340 e. The minimum atomic E-state index is -0.465. The first-order chi connectivity index (χ1) is 10.6. The van der Waals surface area contributed by atoms with E-state index in [1.54, 1.807) is 31.2 Å². The highest BCUT2D eigenvalue weighted by molar-refractivity contribution is 5.92. The highest BCUT2D eigenvalue weighted by Gasteiger charge is 2.07. The summed E-state index contributed by atoms with van der Waals surface area (Å²) < 4.78 is 4.86. The summed E-state index contributed by atoms with van der Waals surface area (Å²) in [6.07, 6.45) is 0. The van der Waals surface area contributed by atoms with Crippen LogP contribution in [0.1, 0.15) is 23.1 Å². The number of nitrogens with one attached hydrogen (secondary N) is 4. The molecule has 0 radical (unpaired) electrons. The van der Waals surface area contributed by atoms with E-state index in [4.69, 9.17) is 4.74 Å². The molecular formula is C13H15N5O4. The van der Waals surface area contributed by atoms with Gasteiger partial charge in [-0.15, -0.1) is 0 Å². The summed E-state index contributed by atoms with van der Waals surface area (Å²) in [6, 6.07) is 5.81. The molecule has 1 aromatic heterocycles. The van der Waals surface area contributed by atoms with Crippen LogP contribution < -0.4 is 16.3 Å². The summed E-state index contributed by atoms with van der Waals surface area (Å²) in [6.45, 7) is 2.10. The SMILES string of the molecule is CCOC(=O)c1ccc(NC(=O)NCc2n[nH]c(=O)[nH]2)cc1. The third kappa shape index (κ3) is 4.20. The average molecular weight is 305 g/mol. The number of aromatic amines is 2. The molecule has 116 valence electrons. The Bertz CT molecular complexity index is 704. The van der Waals surface area contributed by atoms with Crippen LogP contribution in [0.2, 0.25) is 0 Å². The van der Waals surface area contributed by atoms with E-state index >= 15 is 0 Å². The topological polar surface area (TPSA) is 129 Å². The van der Waals surface area contributed by atoms with E-state index in [1.165, 1.54) is 0 Å². The van der Waals surface area contributed by atoms with Crippen LogP contribution in [-0.4, -0.2) is 33.8 Å². The first-order valence-electron chi connectivity index (χ1n) is 6.54. The lowest BCUT2D eigenvalue weighted by atomic mass is 10.2. The van der Waals surface area contributed by atoms with Crippen LogP contribution in [0.5, 0.6) is 0 Å². The van der Waals surface area contributed by atoms with Crippen molar-refractivity contribution in [3.05, 3.63) is 46.1 Å². The van der Waals surface area contributed by atoms with E-state index < -0.39 is 17.7 Å². The zero-order valence-corrected chi connectivity index (χ0v) is 11.8. The number of ether oxygens (including phenoxy) is 1. The first kappa shape index (κ1) is 15.3. The lowest BCUT2D eigenvalue weighted by Gasteiger charge is -2.07. The Hall–Kier alpha value is -3.10. The molecule has 1 heterocycles. The van der Waals surface area contributed by atoms with Crippen molar-refractivity contribution in [2.75, 3.05) is 11.9 Å². The molecular weight excluding hydrogens is 290 g/mol. The van der Waals surface area contributed by atoms with E-state index in [2.05, 4.69) is 25.8 Å². The van der Waals surface area contributed by atoms with Gasteiger partial charge >= 0.3 is 17.7 Å². The molecule has 0 unspecified atom stereocenters. The second-order valence-electron chi connectivity index (χ2n) is 4.23. The van der Waals surface area contributed by atoms with Gasteiger partial charge in [-0.3, -0.25) is 4.98 Å². The van der Waals surface area contributed by atoms with Crippen LogP contribution in [0.15, 0.2) is 29.1 Å². The number of amides is 2. The summed E-state index contributed by atoms with van der Waals surface area (Å²) in [5.74, 6) is -0.0983. The molecule has 0 saturated heterocycles. The Balaban J connectivity index is 1.86. The molecule has 0 aliphatic carbocycles. The van der Waals surface area contributed by atoms with E-state index in [1.807, 2.05) is 0 Å². The maximum atomic E-state index is 11.7. The van der Waals surface area contributed by atoms with Crippen molar-refractivity contribution in [1.82, 2.24) is 20.5 Å². The van der Waals surface area contributed by atoms with Crippen molar-refractivity contribution < 1.29 is 14.3 Å². The van der Waals surface area contributed by atoms with Crippen LogP contribution in [0.25, 0.3) is 0 Å². The predicted molar refractivity (Wildman–Crippen MR) is 77.5 cm³/mol. The Morgan fingerprint density at radius 1 is 1.27 bits per heavy atom. The molecule has 0 saturated carbocycles. The van der Waals surface area contributed by atoms with Gasteiger partial charge in [0, 0.05) is 5.69 Å². The largest absolute Gasteiger partial charge is 0.462 e. The van der Waals surface area contributed by atoms with E-state index in [-0.39, 0.29) is 6.54 Å². The third-order valence-electron chi connectivity index (χ3n) is 2.62. The van der Waals surface area contributed by atoms with Crippen LogP contribution in [-0.2, 0) is 11.3 Å². The van der Waals surface area contributed by atoms with Crippen molar-refractivity contribution in [3.63, 3.8) is 0 Å². The lowest BCUT2D eigenvalue weighted by molar-refractivity contribution is 0.0526. The Kier molecular flexibility index (Phi) is 4.91. The highest BCUT2D eigenvalue weighted by atomic mass is 16.5. The summed E-state index contributed by atoms with van der Waals surface area (Å²) in [7, 11) is 0. The monoisotopic (exact) mass is 305 g/mol. The van der Waals surface area contributed by atoms with Gasteiger partial charge in [0.05, 0.1) is 18.7 Å². The molecule has 0 fully saturated rings. The number of urea groups is 1. The second-order valence-corrected chi connectivity index (χ2v) is 4.23. The van der Waals surface area contributed by atoms with Gasteiger partial charge in [-0.05, 0) is 31.2 Å². The zero-order valence-electron chi connectivity index (χ0n) is 11.8. The standard InChI is InChI=1S/C13H15N5O4/c1-2-22-11(19)8-3-5-9(6-4-8)15-12(20)14-7-10-16-13(21)18-17-10/h3-6H,2,7H2,1H3,(H2,14,15,20)(H2,16,17,18,21). The first-order valence-corrected chi connectivity index (χ1v) is 6.54. The smallest absolute Gasteiger partial charge is 0.340 e. The van der Waals surface area contributed by atoms with Crippen molar-refractivity contribution in [1.29, 1.82) is 0 Å². The van der Waals surface area contributed by atoms with Gasteiger partial charge in [0.25, 0.3) is 0 Å². The van der Waals surface area contributed by atoms with Crippen molar-refractivity contribution >= 4 is 17.7 Å². The molecule has 9 heteroatoms. The average Bonchev–Trinajstić information content (AvgIpc) is 2.92. The van der Waals surface area contributed by atoms with Gasteiger partial charge in [0.1, 0.15) is 5.82 Å². The third-order valence-corrected chi connectivity index (χ3v) is 2.62. The molecule has 2 amide bonds. The van der Waals surface area contributed by atoms with Crippen LogP contribution in [0, 0.1) is 0 Å². The fourth-order valence-corrected chi connectivity index (χ4v) is 1.63. The molecule has 22 heavy (non-hydrogen) atoms. The number of hydrogen-bond acceptors (Lipinski definition) is 5. The number of carbonyl (C=O) groups is 2. The van der Waals surface area contributed by atoms with Gasteiger partial charge in [0.2, 0.25) is 0 Å². The number of benzene rings is 1. The zero-order chi connectivity index (χ0) is 15.9. The number of H-pyrrole nitrogens is 2. The molecule has 4 N–H and O–H groups in total. The number of nitrogens with zero attached hydrogens (tertiary/aromatic N) is 1. The number of carbonyl (C=O) groups excluding carboxylic acids is 2. The maximum absolute atomic E-state index is 11.7. The van der Waals surface area contributed by atoms with E-state index in [9.17, 15) is 14.4 Å². The lowest BCUT2D eigenvalue weighted by Crippen LogP contribution is -2.28. The number of rotatable bonds is 5. The summed E-state index contributed by atoms with van der Waals surface area (Å²) in [5, 5.41) is 11.0. The quantitative estimate of drug-likeness (QED) is 0.601. The van der Waals surface area contributed by atoms with Crippen molar-refractivity contribution in [2.24, 2.45) is 0 Å². The molecule has 0 atom stereocenters. The normalized spacial score (nSPS) is 10.0. The minimum absolute atomic E-state index is 0.0749. The van der Waals surface area contributed by atoms with Crippen LogP contribution in [0.3, 0.4) is 0 Å². The number of aromatic nitrogens is 3. The molecule has 0 spiro atoms. The molecule has 0 aliphatic rings. The number of anilines is 1. The summed E-state index contributed by atoms with van der Waals surface area (Å²) in [5.41, 5.74) is 0.481. The molecule has 9 nitrogen and oxygen atoms in total. The van der Waals surface area contributed by atoms with Gasteiger partial charge < -0.3 is 15.4 Å². The fraction of sp³-hybridized carbons (Fsp3) is 0.231. The summed E-state index contributed by atoms with van der Waals surface area (Å²) >= 11 is 0. The number of hydrogen-bond donors (Lipinski definition) is 4. The van der Waals surface area contributed by atoms with Crippen LogP contribution >= 0.6 is 0 Å². The Labute approximate surface area is 125 Å². The second kappa shape index (κ2) is 7.07.